The van der Waals surface area contributed by atoms with E-state index in [1.807, 2.05) is 61.2 Å². The summed E-state index contributed by atoms with van der Waals surface area (Å²) in [5.41, 5.74) is 2.74. The molecule has 0 bridgehead atoms. The summed E-state index contributed by atoms with van der Waals surface area (Å²) in [7, 11) is 3.86. The molecule has 6 heteroatoms. The number of amides is 2. The van der Waals surface area contributed by atoms with E-state index in [0.717, 1.165) is 11.1 Å². The maximum absolute atomic E-state index is 13.2. The first-order valence-corrected chi connectivity index (χ1v) is 8.92. The van der Waals surface area contributed by atoms with Gasteiger partial charge in [-0.25, -0.2) is 0 Å². The van der Waals surface area contributed by atoms with Crippen molar-refractivity contribution in [3.63, 3.8) is 0 Å². The van der Waals surface area contributed by atoms with Crippen LogP contribution in [0.2, 0.25) is 0 Å². The highest BCUT2D eigenvalue weighted by molar-refractivity contribution is 5.92. The maximum atomic E-state index is 13.2. The minimum Gasteiger partial charge on any atom is -0.357 e. The van der Waals surface area contributed by atoms with Gasteiger partial charge in [0.25, 0.3) is 5.91 Å². The number of carbonyl (C=O) groups is 2. The van der Waals surface area contributed by atoms with Gasteiger partial charge < -0.3 is 14.8 Å². The number of rotatable bonds is 4. The Morgan fingerprint density at radius 3 is 2.23 bits per heavy atom. The average Bonchev–Trinajstić information content (AvgIpc) is 3.17. The van der Waals surface area contributed by atoms with E-state index in [0.29, 0.717) is 31.9 Å². The molecule has 0 aliphatic carbocycles. The van der Waals surface area contributed by atoms with Crippen LogP contribution in [-0.4, -0.2) is 71.8 Å². The number of aromatic nitrogens is 1. The second-order valence-electron chi connectivity index (χ2n) is 6.92. The number of aromatic amines is 1. The topological polar surface area (TPSA) is 59.7 Å². The number of carbonyl (C=O) groups excluding carboxylic acids is 2. The molecule has 2 aromatic rings. The van der Waals surface area contributed by atoms with Crippen LogP contribution in [0.5, 0.6) is 0 Å². The molecule has 1 atom stereocenters. The molecule has 1 aromatic heterocycles. The number of H-pyrrole nitrogens is 1. The first-order chi connectivity index (χ1) is 12.5. The molecule has 0 radical (unpaired) electrons. The highest BCUT2D eigenvalue weighted by Gasteiger charge is 2.32. The van der Waals surface area contributed by atoms with E-state index in [1.165, 1.54) is 0 Å². The van der Waals surface area contributed by atoms with E-state index >= 15 is 0 Å². The van der Waals surface area contributed by atoms with Crippen molar-refractivity contribution in [1.82, 2.24) is 19.7 Å². The van der Waals surface area contributed by atoms with Crippen LogP contribution in [0.1, 0.15) is 27.7 Å². The molecular formula is C20H26N4O2. The zero-order chi connectivity index (χ0) is 18.7. The lowest BCUT2D eigenvalue weighted by atomic mass is 9.99. The lowest BCUT2D eigenvalue weighted by Crippen LogP contribution is -2.53. The Hall–Kier alpha value is -2.60. The Kier molecular flexibility index (Phi) is 5.42. The van der Waals surface area contributed by atoms with Crippen molar-refractivity contribution < 1.29 is 9.59 Å². The van der Waals surface area contributed by atoms with E-state index in [-0.39, 0.29) is 17.9 Å². The van der Waals surface area contributed by atoms with E-state index in [2.05, 4.69) is 4.98 Å². The third-order valence-electron chi connectivity index (χ3n) is 4.94. The zero-order valence-corrected chi connectivity index (χ0v) is 15.6. The summed E-state index contributed by atoms with van der Waals surface area (Å²) in [4.78, 5) is 34.2. The minimum atomic E-state index is -0.304. The second kappa shape index (κ2) is 7.74. The number of nitrogens with zero attached hydrogens (tertiary/aromatic N) is 3. The van der Waals surface area contributed by atoms with Gasteiger partial charge in [-0.1, -0.05) is 24.3 Å². The van der Waals surface area contributed by atoms with Crippen molar-refractivity contribution in [2.24, 2.45) is 0 Å². The number of hydrogen-bond donors (Lipinski definition) is 1. The number of likely N-dealkylation sites (N-methyl/N-ethyl adjacent to an activating group) is 1. The Morgan fingerprint density at radius 1 is 1.00 bits per heavy atom. The third kappa shape index (κ3) is 3.65. The molecule has 0 saturated carbocycles. The van der Waals surface area contributed by atoms with Crippen LogP contribution in [0.4, 0.5) is 0 Å². The molecule has 1 aliphatic rings. The molecule has 1 N–H and O–H groups in total. The fourth-order valence-electron chi connectivity index (χ4n) is 3.46. The number of nitrogens with one attached hydrogen (secondary N) is 1. The van der Waals surface area contributed by atoms with E-state index in [9.17, 15) is 9.59 Å². The quantitative estimate of drug-likeness (QED) is 0.912. The van der Waals surface area contributed by atoms with Crippen LogP contribution in [0.15, 0.2) is 42.6 Å². The highest BCUT2D eigenvalue weighted by atomic mass is 16.2. The molecule has 0 spiro atoms. The summed E-state index contributed by atoms with van der Waals surface area (Å²) >= 11 is 0. The fourth-order valence-corrected chi connectivity index (χ4v) is 3.46. The van der Waals surface area contributed by atoms with Gasteiger partial charge in [0.05, 0.1) is 0 Å². The number of hydrogen-bond acceptors (Lipinski definition) is 3. The zero-order valence-electron chi connectivity index (χ0n) is 15.6. The Bertz CT molecular complexity index is 762. The molecule has 1 aromatic carbocycles. The van der Waals surface area contributed by atoms with Crippen molar-refractivity contribution in [2.75, 3.05) is 40.3 Å². The summed E-state index contributed by atoms with van der Waals surface area (Å²) in [6.45, 7) is 4.25. The average molecular weight is 354 g/mol. The van der Waals surface area contributed by atoms with Crippen LogP contribution < -0.4 is 0 Å². The summed E-state index contributed by atoms with van der Waals surface area (Å²) in [5, 5.41) is 0. The molecule has 6 nitrogen and oxygen atoms in total. The smallest absolute Gasteiger partial charge is 0.270 e. The van der Waals surface area contributed by atoms with Gasteiger partial charge in [0.1, 0.15) is 11.7 Å². The summed E-state index contributed by atoms with van der Waals surface area (Å²) in [5.74, 6) is 0.0847. The summed E-state index contributed by atoms with van der Waals surface area (Å²) in [6.07, 6.45) is 1.75. The van der Waals surface area contributed by atoms with Gasteiger partial charge in [-0.15, -0.1) is 0 Å². The largest absolute Gasteiger partial charge is 0.357 e. The van der Waals surface area contributed by atoms with Gasteiger partial charge in [0.15, 0.2) is 0 Å². The van der Waals surface area contributed by atoms with Gasteiger partial charge in [0, 0.05) is 32.4 Å². The first kappa shape index (κ1) is 18.2. The van der Waals surface area contributed by atoms with Gasteiger partial charge in [0.2, 0.25) is 5.91 Å². The molecule has 2 amide bonds. The van der Waals surface area contributed by atoms with Crippen LogP contribution in [-0.2, 0) is 4.79 Å². The van der Waals surface area contributed by atoms with Crippen LogP contribution in [0.3, 0.4) is 0 Å². The number of aryl methyl sites for hydroxylation is 1. The van der Waals surface area contributed by atoms with E-state index < -0.39 is 0 Å². The van der Waals surface area contributed by atoms with Crippen molar-refractivity contribution in [3.05, 3.63) is 59.4 Å². The lowest BCUT2D eigenvalue weighted by molar-refractivity contribution is -0.137. The molecule has 1 aliphatic heterocycles. The van der Waals surface area contributed by atoms with E-state index in [4.69, 9.17) is 0 Å². The molecule has 26 heavy (non-hydrogen) atoms. The molecular weight excluding hydrogens is 328 g/mol. The highest BCUT2D eigenvalue weighted by Crippen LogP contribution is 2.24. The fraction of sp³-hybridized carbons (Fsp3) is 0.400. The molecule has 2 heterocycles. The number of piperazine rings is 1. The lowest BCUT2D eigenvalue weighted by Gasteiger charge is -2.38. The normalized spacial score (nSPS) is 16.0. The standard InChI is InChI=1S/C20H26N4O2/c1-15-7-4-5-8-16(15)18(22(2)3)20(26)24-13-11-23(12-14-24)19(25)17-9-6-10-21-17/h4-10,18,21H,11-14H2,1-3H3/t18-/m1/s1. The molecule has 138 valence electrons. The number of benzene rings is 1. The van der Waals surface area contributed by atoms with Crippen molar-refractivity contribution in [2.45, 2.75) is 13.0 Å². The Labute approximate surface area is 154 Å². The van der Waals surface area contributed by atoms with Gasteiger partial charge >= 0.3 is 0 Å². The monoisotopic (exact) mass is 354 g/mol. The molecule has 1 saturated heterocycles. The summed E-state index contributed by atoms with van der Waals surface area (Å²) in [6, 6.07) is 11.3. The SMILES string of the molecule is Cc1ccccc1[C@H](C(=O)N1CCN(C(=O)c2ccc[nH]2)CC1)N(C)C. The van der Waals surface area contributed by atoms with Crippen molar-refractivity contribution in [3.8, 4) is 0 Å². The second-order valence-corrected chi connectivity index (χ2v) is 6.92. The first-order valence-electron chi connectivity index (χ1n) is 8.92. The van der Waals surface area contributed by atoms with Crippen LogP contribution >= 0.6 is 0 Å². The molecule has 0 unspecified atom stereocenters. The van der Waals surface area contributed by atoms with E-state index in [1.54, 1.807) is 17.2 Å². The predicted octanol–water partition coefficient (Wildman–Crippen LogP) is 1.91. The van der Waals surface area contributed by atoms with Gasteiger partial charge in [-0.05, 0) is 44.3 Å². The predicted molar refractivity (Wildman–Crippen MR) is 101 cm³/mol. The third-order valence-corrected chi connectivity index (χ3v) is 4.94. The molecule has 3 rings (SSSR count). The van der Waals surface area contributed by atoms with Crippen LogP contribution in [0, 0.1) is 6.92 Å². The maximum Gasteiger partial charge on any atom is 0.270 e. The van der Waals surface area contributed by atoms with Crippen molar-refractivity contribution >= 4 is 11.8 Å². The van der Waals surface area contributed by atoms with Crippen molar-refractivity contribution in [1.29, 1.82) is 0 Å². The van der Waals surface area contributed by atoms with Gasteiger partial charge in [-0.2, -0.15) is 0 Å². The Balaban J connectivity index is 1.69. The Morgan fingerprint density at radius 2 is 1.65 bits per heavy atom. The molecule has 1 fully saturated rings. The van der Waals surface area contributed by atoms with Gasteiger partial charge in [-0.3, -0.25) is 14.5 Å². The van der Waals surface area contributed by atoms with Crippen LogP contribution in [0.25, 0.3) is 0 Å². The minimum absolute atomic E-state index is 0.00911. The summed E-state index contributed by atoms with van der Waals surface area (Å²) < 4.78 is 0.